The number of nitrogens with one attached hydrogen (secondary N) is 1. The number of aryl methyl sites for hydroxylation is 1. The van der Waals surface area contributed by atoms with Crippen LogP contribution in [0.15, 0.2) is 22.7 Å². The second-order valence-electron chi connectivity index (χ2n) is 7.42. The average molecular weight is 442 g/mol. The van der Waals surface area contributed by atoms with Crippen LogP contribution < -0.4 is 5.32 Å². The molecule has 1 aromatic carbocycles. The van der Waals surface area contributed by atoms with Gasteiger partial charge in [0.15, 0.2) is 0 Å². The molecule has 2 heterocycles. The Hall–Kier alpha value is -2.95. The van der Waals surface area contributed by atoms with Crippen molar-refractivity contribution in [2.75, 3.05) is 13.1 Å². The number of likely N-dealkylation sites (tertiary alicyclic amines) is 1. The van der Waals surface area contributed by atoms with Crippen molar-refractivity contribution in [1.29, 1.82) is 0 Å². The molecule has 2 aromatic rings. The van der Waals surface area contributed by atoms with Crippen LogP contribution in [0.3, 0.4) is 0 Å². The van der Waals surface area contributed by atoms with Gasteiger partial charge in [-0.15, -0.1) is 0 Å². The molecule has 1 amide bonds. The van der Waals surface area contributed by atoms with Crippen molar-refractivity contribution >= 4 is 12.4 Å². The van der Waals surface area contributed by atoms with Gasteiger partial charge in [0.25, 0.3) is 12.4 Å². The number of benzene rings is 1. The summed E-state index contributed by atoms with van der Waals surface area (Å²) in [6, 6.07) is 5.20. The average Bonchev–Trinajstić information content (AvgIpc) is 3.32. The Balaban J connectivity index is 0.00000107. The number of carboxylic acid groups (broad SMARTS) is 1. The lowest BCUT2D eigenvalue weighted by atomic mass is 10.0. The molecule has 0 radical (unpaired) electrons. The standard InChI is InChI=1S/C19H23F3N4O2.CH2O2/c1-11-9-14(17(27)23-12(2)10-26-8-4-5-13(26)3)6-7-15(11)16-24-18(28-25-16)19(20,21)22;2-1-3/h6-7,9,12-13H,4-5,8,10H2,1-3H3,(H,23,27);1H,(H,2,3)/t12?,13-;/m0./s1. The maximum absolute atomic E-state index is 12.6. The third-order valence-electron chi connectivity index (χ3n) is 4.97. The van der Waals surface area contributed by atoms with E-state index in [0.717, 1.165) is 13.1 Å². The number of carbonyl (C=O) groups is 2. The predicted molar refractivity (Wildman–Crippen MR) is 105 cm³/mol. The highest BCUT2D eigenvalue weighted by atomic mass is 19.4. The van der Waals surface area contributed by atoms with Gasteiger partial charge in [0.2, 0.25) is 5.82 Å². The van der Waals surface area contributed by atoms with Gasteiger partial charge < -0.3 is 14.9 Å². The minimum atomic E-state index is -4.69. The van der Waals surface area contributed by atoms with E-state index in [1.54, 1.807) is 19.1 Å². The summed E-state index contributed by atoms with van der Waals surface area (Å²) in [5, 5.41) is 13.3. The SMILES string of the molecule is Cc1cc(C(=O)NC(C)CN2CCC[C@@H]2C)ccc1-c1noc(C(F)(F)F)n1.O=CO. The third-order valence-corrected chi connectivity index (χ3v) is 4.97. The number of aromatic nitrogens is 2. The van der Waals surface area contributed by atoms with E-state index >= 15 is 0 Å². The summed E-state index contributed by atoms with van der Waals surface area (Å²) in [6.07, 6.45) is -2.34. The van der Waals surface area contributed by atoms with Crippen molar-refractivity contribution < 1.29 is 32.4 Å². The van der Waals surface area contributed by atoms with Crippen LogP contribution in [0.25, 0.3) is 11.4 Å². The Kier molecular flexibility index (Phi) is 8.14. The summed E-state index contributed by atoms with van der Waals surface area (Å²) in [4.78, 5) is 26.6. The van der Waals surface area contributed by atoms with Gasteiger partial charge in [-0.3, -0.25) is 14.5 Å². The van der Waals surface area contributed by atoms with E-state index in [4.69, 9.17) is 9.90 Å². The van der Waals surface area contributed by atoms with Crippen LogP contribution in [0.4, 0.5) is 13.2 Å². The van der Waals surface area contributed by atoms with Gasteiger partial charge >= 0.3 is 12.1 Å². The van der Waals surface area contributed by atoms with Gasteiger partial charge in [-0.25, -0.2) is 0 Å². The zero-order valence-electron chi connectivity index (χ0n) is 17.4. The van der Waals surface area contributed by atoms with E-state index in [0.29, 0.717) is 22.7 Å². The van der Waals surface area contributed by atoms with E-state index in [1.807, 2.05) is 6.92 Å². The van der Waals surface area contributed by atoms with E-state index in [-0.39, 0.29) is 24.2 Å². The minimum absolute atomic E-state index is 0.0143. The number of hydrogen-bond acceptors (Lipinski definition) is 6. The normalized spacial score (nSPS) is 17.5. The summed E-state index contributed by atoms with van der Waals surface area (Å²) >= 11 is 0. The zero-order valence-corrected chi connectivity index (χ0v) is 17.4. The first kappa shape index (κ1) is 24.3. The molecule has 0 saturated carbocycles. The topological polar surface area (TPSA) is 109 Å². The second kappa shape index (κ2) is 10.4. The van der Waals surface area contributed by atoms with E-state index in [1.165, 1.54) is 18.9 Å². The molecule has 2 N–H and O–H groups in total. The summed E-state index contributed by atoms with van der Waals surface area (Å²) < 4.78 is 42.1. The molecule has 1 saturated heterocycles. The fourth-order valence-electron chi connectivity index (χ4n) is 3.47. The summed E-state index contributed by atoms with van der Waals surface area (Å²) in [6.45, 7) is 7.41. The molecular formula is C20H25F3N4O4. The quantitative estimate of drug-likeness (QED) is 0.684. The van der Waals surface area contributed by atoms with Crippen LogP contribution in [0.5, 0.6) is 0 Å². The largest absolute Gasteiger partial charge is 0.483 e. The molecule has 31 heavy (non-hydrogen) atoms. The molecule has 1 aliphatic rings. The second-order valence-corrected chi connectivity index (χ2v) is 7.42. The van der Waals surface area contributed by atoms with E-state index < -0.39 is 12.1 Å². The van der Waals surface area contributed by atoms with Crippen molar-refractivity contribution in [3.05, 3.63) is 35.2 Å². The van der Waals surface area contributed by atoms with Crippen LogP contribution in [0, 0.1) is 6.92 Å². The Morgan fingerprint density at radius 2 is 2.13 bits per heavy atom. The monoisotopic (exact) mass is 442 g/mol. The first-order chi connectivity index (χ1) is 14.6. The van der Waals surface area contributed by atoms with Crippen LogP contribution >= 0.6 is 0 Å². The highest BCUT2D eigenvalue weighted by molar-refractivity contribution is 5.95. The fraction of sp³-hybridized carbons (Fsp3) is 0.500. The summed E-state index contributed by atoms with van der Waals surface area (Å²) in [5.74, 6) is -1.78. The maximum Gasteiger partial charge on any atom is 0.471 e. The molecule has 2 atom stereocenters. The van der Waals surface area contributed by atoms with Crippen LogP contribution in [-0.4, -0.2) is 57.7 Å². The number of alkyl halides is 3. The zero-order chi connectivity index (χ0) is 23.2. The van der Waals surface area contributed by atoms with E-state index in [9.17, 15) is 18.0 Å². The van der Waals surface area contributed by atoms with Gasteiger partial charge in [-0.1, -0.05) is 11.2 Å². The number of amides is 1. The fourth-order valence-corrected chi connectivity index (χ4v) is 3.47. The molecule has 170 valence electrons. The molecular weight excluding hydrogens is 417 g/mol. The minimum Gasteiger partial charge on any atom is -0.483 e. The lowest BCUT2D eigenvalue weighted by Gasteiger charge is -2.25. The first-order valence-corrected chi connectivity index (χ1v) is 9.71. The molecule has 1 aliphatic heterocycles. The van der Waals surface area contributed by atoms with Crippen molar-refractivity contribution in [3.8, 4) is 11.4 Å². The molecule has 8 nitrogen and oxygen atoms in total. The van der Waals surface area contributed by atoms with Crippen molar-refractivity contribution in [1.82, 2.24) is 20.4 Å². The Labute approximate surface area is 177 Å². The smallest absolute Gasteiger partial charge is 0.471 e. The van der Waals surface area contributed by atoms with Crippen molar-refractivity contribution in [2.24, 2.45) is 0 Å². The molecule has 3 rings (SSSR count). The lowest BCUT2D eigenvalue weighted by molar-refractivity contribution is -0.159. The molecule has 1 fully saturated rings. The van der Waals surface area contributed by atoms with Gasteiger partial charge in [0, 0.05) is 29.8 Å². The highest BCUT2D eigenvalue weighted by Crippen LogP contribution is 2.30. The summed E-state index contributed by atoms with van der Waals surface area (Å²) in [5.41, 5.74) is 1.40. The van der Waals surface area contributed by atoms with Gasteiger partial charge in [0.05, 0.1) is 0 Å². The van der Waals surface area contributed by atoms with Gasteiger partial charge in [-0.05, 0) is 57.9 Å². The Morgan fingerprint density at radius 1 is 1.45 bits per heavy atom. The molecule has 1 aromatic heterocycles. The highest BCUT2D eigenvalue weighted by Gasteiger charge is 2.38. The molecule has 0 spiro atoms. The number of hydrogen-bond donors (Lipinski definition) is 2. The molecule has 11 heteroatoms. The van der Waals surface area contributed by atoms with Gasteiger partial charge in [-0.2, -0.15) is 18.2 Å². The van der Waals surface area contributed by atoms with Gasteiger partial charge in [0.1, 0.15) is 0 Å². The number of halogens is 3. The maximum atomic E-state index is 12.6. The Morgan fingerprint density at radius 3 is 2.65 bits per heavy atom. The first-order valence-electron chi connectivity index (χ1n) is 9.71. The number of nitrogens with zero attached hydrogens (tertiary/aromatic N) is 3. The number of rotatable bonds is 5. The van der Waals surface area contributed by atoms with E-state index in [2.05, 4.69) is 31.8 Å². The Bertz CT molecular complexity index is 901. The number of carbonyl (C=O) groups excluding carboxylic acids is 1. The van der Waals surface area contributed by atoms with Crippen molar-refractivity contribution in [3.63, 3.8) is 0 Å². The molecule has 0 aliphatic carbocycles. The molecule has 0 bridgehead atoms. The van der Waals surface area contributed by atoms with Crippen LogP contribution in [-0.2, 0) is 11.0 Å². The van der Waals surface area contributed by atoms with Crippen LogP contribution in [0.2, 0.25) is 0 Å². The predicted octanol–water partition coefficient (Wildman–Crippen LogP) is 3.37. The lowest BCUT2D eigenvalue weighted by Crippen LogP contribution is -2.43. The summed E-state index contributed by atoms with van der Waals surface area (Å²) in [7, 11) is 0. The molecule has 1 unspecified atom stereocenters. The van der Waals surface area contributed by atoms with Crippen LogP contribution in [0.1, 0.15) is 48.5 Å². The third kappa shape index (κ3) is 6.51. The van der Waals surface area contributed by atoms with Crippen molar-refractivity contribution in [2.45, 2.75) is 51.9 Å².